The van der Waals surface area contributed by atoms with Crippen LogP contribution in [0.15, 0.2) is 29.2 Å². The lowest BCUT2D eigenvalue weighted by Crippen LogP contribution is -2.65. The molecule has 12 atom stereocenters. The van der Waals surface area contributed by atoms with E-state index in [1.807, 2.05) is 11.6 Å². The van der Waals surface area contributed by atoms with E-state index in [0.717, 1.165) is 44.2 Å². The molecule has 44 heavy (non-hydrogen) atoms. The molecule has 11 heteroatoms. The van der Waals surface area contributed by atoms with E-state index in [9.17, 15) is 36.6 Å². The van der Waals surface area contributed by atoms with Crippen LogP contribution in [0.1, 0.15) is 91.0 Å². The number of carbonyl (C=O) groups is 1. The van der Waals surface area contributed by atoms with Gasteiger partial charge in [-0.05, 0) is 116 Å². The Kier molecular flexibility index (Phi) is 9.04. The molecule has 0 heterocycles. The molecule has 0 bridgehead atoms. The van der Waals surface area contributed by atoms with Crippen molar-refractivity contribution in [2.45, 2.75) is 115 Å². The lowest BCUT2D eigenvalue weighted by molar-refractivity contribution is -0.222. The van der Waals surface area contributed by atoms with Crippen LogP contribution < -0.4 is 4.72 Å². The zero-order valence-corrected chi connectivity index (χ0v) is 26.8. The number of hydrogen-bond donors (Lipinski definition) is 3. The number of aliphatic hydroxyl groups excluding tert-OH is 2. The molecule has 3 N–H and O–H groups in total. The van der Waals surface area contributed by atoms with Gasteiger partial charge in [0, 0.05) is 12.3 Å². The number of benzene rings is 1. The Balaban J connectivity index is 1.25. The van der Waals surface area contributed by atoms with E-state index < -0.39 is 50.9 Å². The van der Waals surface area contributed by atoms with E-state index in [1.54, 1.807) is 0 Å². The first kappa shape index (κ1) is 33.6. The third kappa shape index (κ3) is 5.61. The smallest absolute Gasteiger partial charge is 0.393 e. The van der Waals surface area contributed by atoms with Gasteiger partial charge >= 0.3 is 6.18 Å². The van der Waals surface area contributed by atoms with Crippen molar-refractivity contribution in [2.75, 3.05) is 0 Å². The van der Waals surface area contributed by atoms with Gasteiger partial charge in [0.2, 0.25) is 5.91 Å². The molecule has 1 aromatic rings. The summed E-state index contributed by atoms with van der Waals surface area (Å²) >= 11 is 0. The van der Waals surface area contributed by atoms with Crippen molar-refractivity contribution in [1.82, 2.24) is 4.72 Å². The maximum Gasteiger partial charge on any atom is 0.416 e. The fourth-order valence-corrected chi connectivity index (χ4v) is 11.6. The monoisotopic (exact) mass is 645 g/mol. The summed E-state index contributed by atoms with van der Waals surface area (Å²) in [6.45, 7) is 8.58. The number of rotatable bonds is 7. The maximum atomic E-state index is 15.6. The minimum atomic E-state index is -4.60. The Hall–Kier alpha value is -1.72. The molecule has 4 aliphatic carbocycles. The van der Waals surface area contributed by atoms with Crippen LogP contribution in [0, 0.1) is 52.3 Å². The number of aliphatic hydroxyl groups is 2. The minimum Gasteiger partial charge on any atom is -0.393 e. The summed E-state index contributed by atoms with van der Waals surface area (Å²) in [4.78, 5) is 12.3. The average Bonchev–Trinajstić information content (AvgIpc) is 3.31. The third-order valence-corrected chi connectivity index (χ3v) is 14.1. The van der Waals surface area contributed by atoms with Crippen LogP contribution in [0.25, 0.3) is 0 Å². The predicted octanol–water partition coefficient (Wildman–Crippen LogP) is 6.50. The van der Waals surface area contributed by atoms with Crippen LogP contribution >= 0.6 is 0 Å². The molecule has 0 aliphatic heterocycles. The van der Waals surface area contributed by atoms with Gasteiger partial charge in [-0.1, -0.05) is 34.1 Å². The van der Waals surface area contributed by atoms with Gasteiger partial charge in [-0.25, -0.2) is 17.5 Å². The summed E-state index contributed by atoms with van der Waals surface area (Å²) in [5, 5.41) is 22.2. The number of hydrogen-bond acceptors (Lipinski definition) is 5. The number of amides is 1. The summed E-state index contributed by atoms with van der Waals surface area (Å²) in [6.07, 6.45) is -1.54. The number of halogens is 4. The highest BCUT2D eigenvalue weighted by Crippen LogP contribution is 2.69. The molecule has 0 radical (unpaired) electrons. The molecule has 6 nitrogen and oxygen atoms in total. The van der Waals surface area contributed by atoms with E-state index >= 15 is 4.39 Å². The number of nitrogens with one attached hydrogen (secondary N) is 1. The summed E-state index contributed by atoms with van der Waals surface area (Å²) in [6, 6.07) is 3.02. The summed E-state index contributed by atoms with van der Waals surface area (Å²) < 4.78 is 81.4. The van der Waals surface area contributed by atoms with E-state index in [0.29, 0.717) is 31.4 Å². The second-order valence-corrected chi connectivity index (χ2v) is 16.4. The number of sulfonamides is 1. The van der Waals surface area contributed by atoms with Crippen molar-refractivity contribution in [3.8, 4) is 0 Å². The van der Waals surface area contributed by atoms with Crippen LogP contribution in [0.3, 0.4) is 0 Å². The Morgan fingerprint density at radius 1 is 1.02 bits per heavy atom. The molecule has 248 valence electrons. The topological polar surface area (TPSA) is 104 Å². The molecule has 5 unspecified atom stereocenters. The predicted molar refractivity (Wildman–Crippen MR) is 157 cm³/mol. The summed E-state index contributed by atoms with van der Waals surface area (Å²) in [5.74, 6) is -0.395. The van der Waals surface area contributed by atoms with Crippen molar-refractivity contribution >= 4 is 15.9 Å². The number of carbonyl (C=O) groups excluding carboxylic acids is 1. The molecule has 4 aliphatic rings. The van der Waals surface area contributed by atoms with Gasteiger partial charge in [-0.3, -0.25) is 4.79 Å². The first-order valence-corrected chi connectivity index (χ1v) is 17.7. The fourth-order valence-electron chi connectivity index (χ4n) is 10.6. The van der Waals surface area contributed by atoms with Gasteiger partial charge in [0.1, 0.15) is 6.17 Å². The van der Waals surface area contributed by atoms with Crippen LogP contribution in [-0.2, 0) is 21.0 Å². The highest BCUT2D eigenvalue weighted by molar-refractivity contribution is 7.90. The number of alkyl halides is 4. The Morgan fingerprint density at radius 3 is 2.25 bits per heavy atom. The van der Waals surface area contributed by atoms with Crippen molar-refractivity contribution in [2.24, 2.45) is 52.3 Å². The normalized spacial score (nSPS) is 41.3. The Morgan fingerprint density at radius 2 is 1.64 bits per heavy atom. The quantitative estimate of drug-likeness (QED) is 0.294. The molecule has 4 saturated carbocycles. The maximum absolute atomic E-state index is 15.6. The van der Waals surface area contributed by atoms with Crippen LogP contribution in [0.4, 0.5) is 17.6 Å². The van der Waals surface area contributed by atoms with Crippen LogP contribution in [-0.4, -0.2) is 42.9 Å². The largest absolute Gasteiger partial charge is 0.416 e. The molecule has 1 amide bonds. The van der Waals surface area contributed by atoms with Gasteiger partial charge in [0.05, 0.1) is 22.7 Å². The summed E-state index contributed by atoms with van der Waals surface area (Å²) in [5.41, 5.74) is -1.32. The molecular weight excluding hydrogens is 598 g/mol. The van der Waals surface area contributed by atoms with Gasteiger partial charge < -0.3 is 10.2 Å². The van der Waals surface area contributed by atoms with E-state index in [2.05, 4.69) is 20.8 Å². The first-order valence-electron chi connectivity index (χ1n) is 16.2. The van der Waals surface area contributed by atoms with E-state index in [1.165, 1.54) is 0 Å². The van der Waals surface area contributed by atoms with E-state index in [-0.39, 0.29) is 58.7 Å². The lowest BCUT2D eigenvalue weighted by atomic mass is 9.41. The summed E-state index contributed by atoms with van der Waals surface area (Å²) in [7, 11) is -4.31. The molecule has 0 saturated heterocycles. The van der Waals surface area contributed by atoms with Crippen molar-refractivity contribution in [1.29, 1.82) is 0 Å². The van der Waals surface area contributed by atoms with Crippen molar-refractivity contribution in [3.05, 3.63) is 29.8 Å². The fraction of sp³-hybridized carbons (Fsp3) is 0.788. The molecule has 4 fully saturated rings. The Labute approximate surface area is 258 Å². The highest BCUT2D eigenvalue weighted by atomic mass is 32.2. The Bertz CT molecular complexity index is 1320. The van der Waals surface area contributed by atoms with Crippen molar-refractivity contribution in [3.63, 3.8) is 0 Å². The first-order chi connectivity index (χ1) is 20.5. The SMILES string of the molecule is CC[C@@H]1C2[C@@H](F)[C@H](O)CC[C@]2(C)C2CC[C@@]3(C)C(CCC3[C@H](C)CCC(=O)NS(=O)(=O)c3ccc(C(F)(F)F)cc3)C2[C@@H]1O. The van der Waals surface area contributed by atoms with Crippen LogP contribution in [0.2, 0.25) is 0 Å². The molecule has 0 spiro atoms. The third-order valence-electron chi connectivity index (χ3n) is 12.7. The highest BCUT2D eigenvalue weighted by Gasteiger charge is 2.66. The second kappa shape index (κ2) is 11.8. The van der Waals surface area contributed by atoms with Gasteiger partial charge in [0.15, 0.2) is 0 Å². The van der Waals surface area contributed by atoms with Gasteiger partial charge in [0.25, 0.3) is 10.0 Å². The second-order valence-electron chi connectivity index (χ2n) is 14.7. The molecule has 5 rings (SSSR count). The zero-order valence-electron chi connectivity index (χ0n) is 26.0. The minimum absolute atomic E-state index is 0.0369. The van der Waals surface area contributed by atoms with Crippen LogP contribution in [0.5, 0.6) is 0 Å². The molecular formula is C33H47F4NO5S. The standard InChI is InChI=1S/C33H47F4NO5S/c1-5-21-28-29(34)25(39)15-17-32(28,4)24-14-16-31(3)22(11-12-23(31)27(24)30(21)41)18(2)6-13-26(40)38-44(42,43)20-9-7-19(8-10-20)33(35,36)37/h7-10,18,21-25,27-30,39,41H,5-6,11-17H2,1-4H3,(H,38,40)/t18-,21-,22?,23?,24?,25-,27?,28?,29+,30-,31-,32-/m1/s1. The van der Waals surface area contributed by atoms with Gasteiger partial charge in [-0.15, -0.1) is 0 Å². The average molecular weight is 646 g/mol. The van der Waals surface area contributed by atoms with Crippen molar-refractivity contribution < 1.29 is 41.0 Å². The van der Waals surface area contributed by atoms with E-state index in [4.69, 9.17) is 0 Å². The van der Waals surface area contributed by atoms with Gasteiger partial charge in [-0.2, -0.15) is 13.2 Å². The molecule has 1 aromatic carbocycles. The molecule has 0 aromatic heterocycles. The zero-order chi connectivity index (χ0) is 32.4. The number of fused-ring (bicyclic) bond motifs is 5. The lowest BCUT2D eigenvalue weighted by Gasteiger charge is -2.65.